The van der Waals surface area contributed by atoms with Crippen LogP contribution in [0.1, 0.15) is 23.2 Å². The number of rotatable bonds is 8. The first-order valence-corrected chi connectivity index (χ1v) is 7.84. The van der Waals surface area contributed by atoms with E-state index < -0.39 is 35.0 Å². The number of carbonyl (C=O) groups is 3. The van der Waals surface area contributed by atoms with E-state index in [1.165, 1.54) is 36.4 Å². The first-order valence-electron chi connectivity index (χ1n) is 7.84. The molecule has 0 unspecified atom stereocenters. The molecule has 2 aromatic carbocycles. The van der Waals surface area contributed by atoms with Crippen molar-refractivity contribution < 1.29 is 28.4 Å². The van der Waals surface area contributed by atoms with Crippen molar-refractivity contribution in [1.29, 1.82) is 0 Å². The number of amides is 1. The minimum Gasteiger partial charge on any atom is -0.457 e. The smallest absolute Gasteiger partial charge is 0.306 e. The van der Waals surface area contributed by atoms with Crippen LogP contribution in [0.2, 0.25) is 0 Å². The number of Topliss-reactive ketones (excluding diaryl/α,β-unsaturated/α-hetero) is 1. The lowest BCUT2D eigenvalue weighted by atomic mass is 10.1. The number of esters is 1. The van der Waals surface area contributed by atoms with Crippen molar-refractivity contribution in [3.63, 3.8) is 0 Å². The van der Waals surface area contributed by atoms with Crippen LogP contribution in [0.4, 0.5) is 15.8 Å². The molecule has 0 heterocycles. The molecule has 140 valence electrons. The van der Waals surface area contributed by atoms with Gasteiger partial charge in [-0.05, 0) is 36.4 Å². The van der Waals surface area contributed by atoms with Crippen LogP contribution in [0.3, 0.4) is 0 Å². The number of ether oxygens (including phenoxy) is 1. The zero-order valence-electron chi connectivity index (χ0n) is 14.0. The van der Waals surface area contributed by atoms with E-state index in [0.717, 1.165) is 12.1 Å². The number of non-ortho nitro benzene ring substituents is 1. The summed E-state index contributed by atoms with van der Waals surface area (Å²) in [5, 5.41) is 13.0. The number of benzene rings is 2. The molecular weight excluding hydrogens is 359 g/mol. The minimum atomic E-state index is -0.732. The summed E-state index contributed by atoms with van der Waals surface area (Å²) < 4.78 is 17.6. The fourth-order valence-corrected chi connectivity index (χ4v) is 2.04. The molecule has 0 aliphatic heterocycles. The van der Waals surface area contributed by atoms with E-state index >= 15 is 0 Å². The molecule has 0 aromatic heterocycles. The normalized spacial score (nSPS) is 10.1. The van der Waals surface area contributed by atoms with Crippen molar-refractivity contribution in [1.82, 2.24) is 0 Å². The first-order chi connectivity index (χ1) is 12.8. The fraction of sp³-hybridized carbons (Fsp3) is 0.167. The molecule has 2 rings (SSSR count). The van der Waals surface area contributed by atoms with Crippen molar-refractivity contribution in [2.24, 2.45) is 0 Å². The van der Waals surface area contributed by atoms with E-state index in [4.69, 9.17) is 4.74 Å². The average Bonchev–Trinajstić information content (AvgIpc) is 2.65. The lowest BCUT2D eigenvalue weighted by molar-refractivity contribution is -0.384. The Balaban J connectivity index is 1.72. The summed E-state index contributed by atoms with van der Waals surface area (Å²) in [6, 6.07) is 10.0. The summed E-state index contributed by atoms with van der Waals surface area (Å²) in [4.78, 5) is 45.2. The van der Waals surface area contributed by atoms with Gasteiger partial charge in [-0.3, -0.25) is 24.5 Å². The molecule has 8 nitrogen and oxygen atoms in total. The van der Waals surface area contributed by atoms with Crippen molar-refractivity contribution in [3.8, 4) is 0 Å². The highest BCUT2D eigenvalue weighted by Crippen LogP contribution is 2.15. The van der Waals surface area contributed by atoms with E-state index in [0.29, 0.717) is 5.69 Å². The van der Waals surface area contributed by atoms with E-state index in [2.05, 4.69) is 5.32 Å². The largest absolute Gasteiger partial charge is 0.457 e. The summed E-state index contributed by atoms with van der Waals surface area (Å²) in [6.45, 7) is -0.506. The number of hydrogen-bond acceptors (Lipinski definition) is 6. The molecule has 0 saturated heterocycles. The van der Waals surface area contributed by atoms with Gasteiger partial charge in [0, 0.05) is 29.8 Å². The summed E-state index contributed by atoms with van der Waals surface area (Å²) in [5.74, 6) is -2.18. The van der Waals surface area contributed by atoms with Gasteiger partial charge in [0.2, 0.25) is 5.91 Å². The zero-order valence-corrected chi connectivity index (χ0v) is 14.0. The van der Waals surface area contributed by atoms with Crippen molar-refractivity contribution >= 4 is 29.0 Å². The summed E-state index contributed by atoms with van der Waals surface area (Å²) in [7, 11) is 0. The number of anilines is 1. The molecular formula is C18H15FN2O6. The minimum absolute atomic E-state index is 0.109. The van der Waals surface area contributed by atoms with Crippen molar-refractivity contribution in [2.45, 2.75) is 12.8 Å². The summed E-state index contributed by atoms with van der Waals surface area (Å²) >= 11 is 0. The van der Waals surface area contributed by atoms with Gasteiger partial charge in [0.05, 0.1) is 11.3 Å². The van der Waals surface area contributed by atoms with Gasteiger partial charge >= 0.3 is 5.97 Å². The molecule has 0 radical (unpaired) electrons. The van der Waals surface area contributed by atoms with Gasteiger partial charge in [-0.2, -0.15) is 0 Å². The number of carbonyl (C=O) groups excluding carboxylic acids is 3. The Morgan fingerprint density at radius 1 is 1.00 bits per heavy atom. The predicted octanol–water partition coefficient (Wildman–Crippen LogP) is 2.88. The number of nitrogens with one attached hydrogen (secondary N) is 1. The molecule has 27 heavy (non-hydrogen) atoms. The second kappa shape index (κ2) is 9.18. The Morgan fingerprint density at radius 2 is 1.63 bits per heavy atom. The maximum atomic E-state index is 12.8. The van der Waals surface area contributed by atoms with Crippen LogP contribution >= 0.6 is 0 Å². The van der Waals surface area contributed by atoms with Gasteiger partial charge < -0.3 is 10.1 Å². The zero-order chi connectivity index (χ0) is 19.8. The lowest BCUT2D eigenvalue weighted by Gasteiger charge is -2.06. The van der Waals surface area contributed by atoms with Gasteiger partial charge in [0.25, 0.3) is 5.69 Å². The second-order valence-corrected chi connectivity index (χ2v) is 5.44. The number of halogens is 1. The number of ketones is 1. The topological polar surface area (TPSA) is 116 Å². The molecule has 0 spiro atoms. The van der Waals surface area contributed by atoms with Crippen LogP contribution in [0.5, 0.6) is 0 Å². The molecule has 0 fully saturated rings. The predicted molar refractivity (Wildman–Crippen MR) is 92.6 cm³/mol. The number of hydrogen-bond donors (Lipinski definition) is 1. The highest BCUT2D eigenvalue weighted by atomic mass is 19.1. The van der Waals surface area contributed by atoms with Gasteiger partial charge in [-0.1, -0.05) is 0 Å². The Hall–Kier alpha value is -3.62. The Labute approximate surface area is 153 Å². The van der Waals surface area contributed by atoms with E-state index in [-0.39, 0.29) is 24.1 Å². The quantitative estimate of drug-likeness (QED) is 0.329. The van der Waals surface area contributed by atoms with Crippen LogP contribution < -0.4 is 5.32 Å². The standard InChI is InChI=1S/C18H15FN2O6/c19-13-3-1-12(2-4-13)16(22)11-27-18(24)10-9-17(23)20-14-5-7-15(8-6-14)21(25)26/h1-8H,9-11H2,(H,20,23). The SMILES string of the molecule is O=C(CCC(=O)OCC(=O)c1ccc(F)cc1)Nc1ccc([N+](=O)[O-])cc1. The molecule has 0 aliphatic rings. The lowest BCUT2D eigenvalue weighted by Crippen LogP contribution is -2.17. The third kappa shape index (κ3) is 6.31. The second-order valence-electron chi connectivity index (χ2n) is 5.44. The van der Waals surface area contributed by atoms with Gasteiger partial charge in [0.1, 0.15) is 5.82 Å². The number of nitro groups is 1. The molecule has 2 aromatic rings. The Kier molecular flexibility index (Phi) is 6.70. The van der Waals surface area contributed by atoms with Crippen LogP contribution in [-0.2, 0) is 14.3 Å². The maximum absolute atomic E-state index is 12.8. The van der Waals surface area contributed by atoms with E-state index in [1.807, 2.05) is 0 Å². The van der Waals surface area contributed by atoms with Gasteiger partial charge in [-0.15, -0.1) is 0 Å². The Morgan fingerprint density at radius 3 is 2.22 bits per heavy atom. The third-order valence-corrected chi connectivity index (χ3v) is 3.45. The maximum Gasteiger partial charge on any atom is 0.306 e. The molecule has 0 atom stereocenters. The molecule has 1 N–H and O–H groups in total. The van der Waals surface area contributed by atoms with Crippen LogP contribution in [-0.4, -0.2) is 29.2 Å². The van der Waals surface area contributed by atoms with Crippen LogP contribution in [0, 0.1) is 15.9 Å². The highest BCUT2D eigenvalue weighted by molar-refractivity contribution is 5.98. The summed E-state index contributed by atoms with van der Waals surface area (Å²) in [6.07, 6.45) is -0.421. The molecule has 9 heteroatoms. The van der Waals surface area contributed by atoms with Crippen LogP contribution in [0.25, 0.3) is 0 Å². The molecule has 1 amide bonds. The van der Waals surface area contributed by atoms with Gasteiger partial charge in [-0.25, -0.2) is 4.39 Å². The number of nitro benzene ring substituents is 1. The summed E-state index contributed by atoms with van der Waals surface area (Å²) in [5.41, 5.74) is 0.452. The first kappa shape index (κ1) is 19.7. The third-order valence-electron chi connectivity index (χ3n) is 3.45. The van der Waals surface area contributed by atoms with Crippen molar-refractivity contribution in [2.75, 3.05) is 11.9 Å². The van der Waals surface area contributed by atoms with Gasteiger partial charge in [0.15, 0.2) is 12.4 Å². The molecule has 0 saturated carbocycles. The molecule has 0 bridgehead atoms. The molecule has 0 aliphatic carbocycles. The highest BCUT2D eigenvalue weighted by Gasteiger charge is 2.12. The van der Waals surface area contributed by atoms with E-state index in [1.54, 1.807) is 0 Å². The van der Waals surface area contributed by atoms with E-state index in [9.17, 15) is 28.9 Å². The average molecular weight is 374 g/mol. The Bertz CT molecular complexity index is 849. The van der Waals surface area contributed by atoms with Crippen LogP contribution in [0.15, 0.2) is 48.5 Å². The monoisotopic (exact) mass is 374 g/mol. The fourth-order valence-electron chi connectivity index (χ4n) is 2.04. The van der Waals surface area contributed by atoms with Crippen molar-refractivity contribution in [3.05, 3.63) is 70.0 Å². The number of nitrogens with zero attached hydrogens (tertiary/aromatic N) is 1.